The highest BCUT2D eigenvalue weighted by molar-refractivity contribution is 6.00. The van der Waals surface area contributed by atoms with Gasteiger partial charge in [0.05, 0.1) is 13.2 Å². The topological polar surface area (TPSA) is 52.6 Å². The highest BCUT2D eigenvalue weighted by Crippen LogP contribution is 2.20. The summed E-state index contributed by atoms with van der Waals surface area (Å²) < 4.78 is 10.7. The van der Waals surface area contributed by atoms with E-state index in [9.17, 15) is 9.59 Å². The van der Waals surface area contributed by atoms with Gasteiger partial charge < -0.3 is 9.47 Å². The van der Waals surface area contributed by atoms with Gasteiger partial charge >= 0.3 is 11.9 Å². The second kappa shape index (κ2) is 17.1. The van der Waals surface area contributed by atoms with Gasteiger partial charge in [-0.15, -0.1) is 0 Å². The summed E-state index contributed by atoms with van der Waals surface area (Å²) >= 11 is 0. The molecule has 0 heterocycles. The molecule has 0 unspecified atom stereocenters. The minimum Gasteiger partial charge on any atom is -0.462 e. The Morgan fingerprint density at radius 2 is 1.04 bits per heavy atom. The number of carbonyl (C=O) groups is 2. The number of rotatable bonds is 16. The molecule has 0 atom stereocenters. The lowest BCUT2D eigenvalue weighted by atomic mass is 9.99. The molecule has 4 heteroatoms. The van der Waals surface area contributed by atoms with Crippen molar-refractivity contribution >= 4 is 11.9 Å². The van der Waals surface area contributed by atoms with Crippen LogP contribution in [0.5, 0.6) is 0 Å². The van der Waals surface area contributed by atoms with Gasteiger partial charge in [-0.2, -0.15) is 0 Å². The minimum absolute atomic E-state index is 0.337. The Morgan fingerprint density at radius 1 is 0.577 bits per heavy atom. The average Bonchev–Trinajstić information content (AvgIpc) is 2.63. The van der Waals surface area contributed by atoms with E-state index in [4.69, 9.17) is 9.47 Å². The molecule has 0 bridgehead atoms. The molecular weight excluding hydrogens is 328 g/mol. The van der Waals surface area contributed by atoms with Crippen molar-refractivity contribution in [2.24, 2.45) is 0 Å². The summed E-state index contributed by atoms with van der Waals surface area (Å²) in [6.45, 7) is 9.04. The van der Waals surface area contributed by atoms with Crippen LogP contribution in [0.1, 0.15) is 105 Å². The van der Waals surface area contributed by atoms with E-state index in [1.165, 1.54) is 25.7 Å². The zero-order valence-electron chi connectivity index (χ0n) is 17.5. The number of hydrogen-bond donors (Lipinski definition) is 0. The van der Waals surface area contributed by atoms with Gasteiger partial charge in [0.2, 0.25) is 0 Å². The van der Waals surface area contributed by atoms with Gasteiger partial charge in [-0.05, 0) is 32.1 Å². The van der Waals surface area contributed by atoms with Crippen LogP contribution in [0.3, 0.4) is 0 Å². The molecule has 0 rings (SSSR count). The van der Waals surface area contributed by atoms with Crippen LogP contribution in [0.4, 0.5) is 0 Å². The van der Waals surface area contributed by atoms with Crippen molar-refractivity contribution in [3.05, 3.63) is 11.1 Å². The number of carbonyl (C=O) groups excluding carboxylic acids is 2. The van der Waals surface area contributed by atoms with Crippen LogP contribution in [0.2, 0.25) is 0 Å². The Labute approximate surface area is 160 Å². The smallest absolute Gasteiger partial charge is 0.334 e. The van der Waals surface area contributed by atoms with Crippen molar-refractivity contribution in [3.63, 3.8) is 0 Å². The minimum atomic E-state index is -0.352. The fourth-order valence-corrected chi connectivity index (χ4v) is 2.73. The van der Waals surface area contributed by atoms with Gasteiger partial charge in [0.1, 0.15) is 0 Å². The monoisotopic (exact) mass is 368 g/mol. The molecule has 152 valence electrons. The molecule has 0 aliphatic heterocycles. The summed E-state index contributed by atoms with van der Waals surface area (Å²) in [5, 5.41) is 0. The van der Waals surface area contributed by atoms with Crippen molar-refractivity contribution in [1.29, 1.82) is 0 Å². The summed E-state index contributed by atoms with van der Waals surface area (Å²) in [6.07, 6.45) is 11.6. The van der Waals surface area contributed by atoms with Gasteiger partial charge in [-0.1, -0.05) is 72.6 Å². The molecule has 0 fully saturated rings. The maximum atomic E-state index is 12.5. The molecular formula is C22H40O4. The van der Waals surface area contributed by atoms with E-state index in [0.717, 1.165) is 38.5 Å². The van der Waals surface area contributed by atoms with Gasteiger partial charge in [0.25, 0.3) is 0 Å². The first-order chi connectivity index (χ1) is 12.6. The van der Waals surface area contributed by atoms with Gasteiger partial charge in [0, 0.05) is 11.1 Å². The zero-order chi connectivity index (χ0) is 19.6. The van der Waals surface area contributed by atoms with Crippen LogP contribution in [-0.4, -0.2) is 25.2 Å². The Bertz CT molecular complexity index is 412. The van der Waals surface area contributed by atoms with Crippen molar-refractivity contribution < 1.29 is 19.1 Å². The normalized spacial score (nSPS) is 11.8. The first kappa shape index (κ1) is 24.7. The largest absolute Gasteiger partial charge is 0.462 e. The average molecular weight is 369 g/mol. The highest BCUT2D eigenvalue weighted by Gasteiger charge is 2.21. The zero-order valence-corrected chi connectivity index (χ0v) is 17.5. The summed E-state index contributed by atoms with van der Waals surface area (Å²) in [5.41, 5.74) is 1.02. The van der Waals surface area contributed by atoms with Crippen molar-refractivity contribution in [3.8, 4) is 0 Å². The lowest BCUT2D eigenvalue weighted by Gasteiger charge is -2.14. The molecule has 0 aromatic carbocycles. The standard InChI is InChI=1S/C22H40O4/c1-5-9-12-13-14-15-16-20(22(24)26-18-11-7-3)19(8-4)21(23)25-17-10-6-2/h5-18H2,1-4H3. The predicted molar refractivity (Wildman–Crippen MR) is 107 cm³/mol. The third kappa shape index (κ3) is 11.3. The highest BCUT2D eigenvalue weighted by atomic mass is 16.5. The molecule has 0 aromatic rings. The molecule has 0 radical (unpaired) electrons. The van der Waals surface area contributed by atoms with E-state index in [-0.39, 0.29) is 11.9 Å². The van der Waals surface area contributed by atoms with E-state index >= 15 is 0 Å². The van der Waals surface area contributed by atoms with E-state index in [2.05, 4.69) is 20.8 Å². The van der Waals surface area contributed by atoms with Gasteiger partial charge in [-0.25, -0.2) is 9.59 Å². The van der Waals surface area contributed by atoms with E-state index in [1.54, 1.807) is 0 Å². The summed E-state index contributed by atoms with van der Waals surface area (Å²) in [6, 6.07) is 0. The maximum Gasteiger partial charge on any atom is 0.334 e. The fraction of sp³-hybridized carbons (Fsp3) is 0.818. The molecule has 0 aliphatic rings. The van der Waals surface area contributed by atoms with Gasteiger partial charge in [0.15, 0.2) is 0 Å². The van der Waals surface area contributed by atoms with Crippen molar-refractivity contribution in [2.45, 2.75) is 105 Å². The molecule has 4 nitrogen and oxygen atoms in total. The Morgan fingerprint density at radius 3 is 1.54 bits per heavy atom. The third-order valence-electron chi connectivity index (χ3n) is 4.45. The number of unbranched alkanes of at least 4 members (excludes halogenated alkanes) is 7. The molecule has 0 saturated heterocycles. The second-order valence-corrected chi connectivity index (χ2v) is 6.81. The van der Waals surface area contributed by atoms with Crippen LogP contribution in [-0.2, 0) is 19.1 Å². The lowest BCUT2D eigenvalue weighted by Crippen LogP contribution is -2.17. The first-order valence-corrected chi connectivity index (χ1v) is 10.7. The van der Waals surface area contributed by atoms with Crippen LogP contribution < -0.4 is 0 Å². The number of esters is 2. The Hall–Kier alpha value is -1.32. The van der Waals surface area contributed by atoms with Crippen molar-refractivity contribution in [1.82, 2.24) is 0 Å². The number of ether oxygens (including phenoxy) is 2. The van der Waals surface area contributed by atoms with Crippen LogP contribution in [0, 0.1) is 0 Å². The maximum absolute atomic E-state index is 12.5. The summed E-state index contributed by atoms with van der Waals surface area (Å²) in [5.74, 6) is -0.689. The SMILES string of the molecule is CCCCCCCCC(C(=O)OCCCC)=C(CC)C(=O)OCCCC. The van der Waals surface area contributed by atoms with Gasteiger partial charge in [-0.3, -0.25) is 0 Å². The first-order valence-electron chi connectivity index (χ1n) is 10.7. The quantitative estimate of drug-likeness (QED) is 0.187. The van der Waals surface area contributed by atoms with E-state index < -0.39 is 0 Å². The van der Waals surface area contributed by atoms with E-state index in [1.807, 2.05) is 6.92 Å². The number of hydrogen-bond acceptors (Lipinski definition) is 4. The molecule has 0 saturated carbocycles. The molecule has 26 heavy (non-hydrogen) atoms. The lowest BCUT2D eigenvalue weighted by molar-refractivity contribution is -0.142. The Kier molecular flexibility index (Phi) is 16.2. The molecule has 0 amide bonds. The molecule has 0 aromatic heterocycles. The van der Waals surface area contributed by atoms with Crippen molar-refractivity contribution in [2.75, 3.05) is 13.2 Å². The summed E-state index contributed by atoms with van der Waals surface area (Å²) in [7, 11) is 0. The molecule has 0 aliphatic carbocycles. The van der Waals surface area contributed by atoms with E-state index in [0.29, 0.717) is 37.2 Å². The third-order valence-corrected chi connectivity index (χ3v) is 4.45. The van der Waals surface area contributed by atoms with Crippen LogP contribution in [0.15, 0.2) is 11.1 Å². The Balaban J connectivity index is 4.92. The molecule has 0 spiro atoms. The summed E-state index contributed by atoms with van der Waals surface area (Å²) in [4.78, 5) is 24.9. The second-order valence-electron chi connectivity index (χ2n) is 6.81. The fourth-order valence-electron chi connectivity index (χ4n) is 2.73. The van der Waals surface area contributed by atoms with Crippen LogP contribution >= 0.6 is 0 Å². The predicted octanol–water partition coefficient (Wildman–Crippen LogP) is 6.13. The van der Waals surface area contributed by atoms with Crippen LogP contribution in [0.25, 0.3) is 0 Å². The molecule has 0 N–H and O–H groups in total.